The van der Waals surface area contributed by atoms with Crippen LogP contribution in [0.2, 0.25) is 0 Å². The number of carbonyl (C=O) groups excluding carboxylic acids is 2. The van der Waals surface area contributed by atoms with E-state index in [2.05, 4.69) is 22.2 Å². The lowest BCUT2D eigenvalue weighted by atomic mass is 10.0. The smallest absolute Gasteiger partial charge is 0.412 e. The second-order valence-electron chi connectivity index (χ2n) is 11.1. The van der Waals surface area contributed by atoms with Gasteiger partial charge >= 0.3 is 12.1 Å². The summed E-state index contributed by atoms with van der Waals surface area (Å²) in [7, 11) is 2.10. The van der Waals surface area contributed by atoms with E-state index < -0.39 is 12.1 Å². The minimum atomic E-state index is -0.961. The molecule has 0 unspecified atom stereocenters. The molecule has 45 heavy (non-hydrogen) atoms. The quantitative estimate of drug-likeness (QED) is 0.217. The molecule has 1 aliphatic rings. The lowest BCUT2D eigenvalue weighted by Crippen LogP contribution is -2.44. The monoisotopic (exact) mass is 606 g/mol. The van der Waals surface area contributed by atoms with Crippen LogP contribution in [0.5, 0.6) is 0 Å². The molecule has 0 saturated carbocycles. The van der Waals surface area contributed by atoms with Gasteiger partial charge in [-0.25, -0.2) is 4.79 Å². The summed E-state index contributed by atoms with van der Waals surface area (Å²) in [5.74, 6) is -1.18. The van der Waals surface area contributed by atoms with Crippen molar-refractivity contribution in [3.05, 3.63) is 120 Å². The maximum absolute atomic E-state index is 13.3. The van der Waals surface area contributed by atoms with Gasteiger partial charge in [-0.05, 0) is 59.6 Å². The van der Waals surface area contributed by atoms with Gasteiger partial charge < -0.3 is 24.5 Å². The minimum absolute atomic E-state index is 0.0895. The molecular weight excluding hydrogens is 568 g/mol. The van der Waals surface area contributed by atoms with Crippen molar-refractivity contribution in [2.24, 2.45) is 0 Å². The van der Waals surface area contributed by atoms with Gasteiger partial charge in [-0.3, -0.25) is 14.9 Å². The Balaban J connectivity index is 1.38. The van der Waals surface area contributed by atoms with Crippen molar-refractivity contribution in [3.63, 3.8) is 0 Å². The molecular formula is C36H38N4O5. The van der Waals surface area contributed by atoms with Crippen molar-refractivity contribution >= 4 is 29.3 Å². The fourth-order valence-corrected chi connectivity index (χ4v) is 5.32. The van der Waals surface area contributed by atoms with Gasteiger partial charge in [0.15, 0.2) is 0 Å². The summed E-state index contributed by atoms with van der Waals surface area (Å²) in [6, 6.07) is 32.3. The second kappa shape index (κ2) is 15.0. The third-order valence-corrected chi connectivity index (χ3v) is 7.83. The molecule has 2 N–H and O–H groups in total. The summed E-state index contributed by atoms with van der Waals surface area (Å²) in [6.45, 7) is 4.01. The van der Waals surface area contributed by atoms with Crippen LogP contribution >= 0.6 is 0 Å². The van der Waals surface area contributed by atoms with Crippen molar-refractivity contribution < 1.29 is 24.2 Å². The number of amides is 2. The number of hydrogen-bond acceptors (Lipinski definition) is 6. The SMILES string of the molecule is CN1CCN(c2ccc(-c3cccc(CN(CCC(=O)O)C(=O)c4ccccc4)c3)cc2NC(=O)OCc2ccccc2)CC1. The number of carbonyl (C=O) groups is 3. The van der Waals surface area contributed by atoms with E-state index in [1.54, 1.807) is 29.2 Å². The molecule has 5 rings (SSSR count). The first-order valence-corrected chi connectivity index (χ1v) is 15.1. The largest absolute Gasteiger partial charge is 0.481 e. The molecule has 0 atom stereocenters. The van der Waals surface area contributed by atoms with Crippen molar-refractivity contribution in [2.75, 3.05) is 50.0 Å². The first-order chi connectivity index (χ1) is 21.9. The van der Waals surface area contributed by atoms with Crippen LogP contribution in [-0.2, 0) is 22.7 Å². The molecule has 0 bridgehead atoms. The number of nitrogens with zero attached hydrogens (tertiary/aromatic N) is 3. The highest BCUT2D eigenvalue weighted by Crippen LogP contribution is 2.33. The Bertz CT molecular complexity index is 1600. The van der Waals surface area contributed by atoms with Gasteiger partial charge in [-0.1, -0.05) is 72.8 Å². The van der Waals surface area contributed by atoms with Gasteiger partial charge in [0, 0.05) is 44.8 Å². The van der Waals surface area contributed by atoms with Crippen LogP contribution in [0.3, 0.4) is 0 Å². The number of ether oxygens (including phenoxy) is 1. The van der Waals surface area contributed by atoms with E-state index in [1.807, 2.05) is 78.9 Å². The minimum Gasteiger partial charge on any atom is -0.481 e. The summed E-state index contributed by atoms with van der Waals surface area (Å²) in [5.41, 5.74) is 5.65. The second-order valence-corrected chi connectivity index (χ2v) is 11.1. The molecule has 1 saturated heterocycles. The number of aliphatic carboxylic acids is 1. The fourth-order valence-electron chi connectivity index (χ4n) is 5.32. The molecule has 0 aliphatic carbocycles. The van der Waals surface area contributed by atoms with E-state index in [0.29, 0.717) is 11.3 Å². The Morgan fingerprint density at radius 1 is 0.800 bits per heavy atom. The highest BCUT2D eigenvalue weighted by molar-refractivity contribution is 5.94. The average molecular weight is 607 g/mol. The van der Waals surface area contributed by atoms with Crippen molar-refractivity contribution in [2.45, 2.75) is 19.6 Å². The van der Waals surface area contributed by atoms with E-state index >= 15 is 0 Å². The molecule has 1 heterocycles. The summed E-state index contributed by atoms with van der Waals surface area (Å²) >= 11 is 0. The summed E-state index contributed by atoms with van der Waals surface area (Å²) in [4.78, 5) is 43.7. The number of carboxylic acid groups (broad SMARTS) is 1. The molecule has 4 aromatic carbocycles. The lowest BCUT2D eigenvalue weighted by Gasteiger charge is -2.35. The predicted octanol–water partition coefficient (Wildman–Crippen LogP) is 5.97. The third kappa shape index (κ3) is 8.70. The van der Waals surface area contributed by atoms with E-state index in [-0.39, 0.29) is 32.0 Å². The number of carboxylic acids is 1. The number of piperazine rings is 1. The summed E-state index contributed by atoms with van der Waals surface area (Å²) < 4.78 is 5.54. The zero-order valence-corrected chi connectivity index (χ0v) is 25.4. The highest BCUT2D eigenvalue weighted by atomic mass is 16.5. The van der Waals surface area contributed by atoms with E-state index in [0.717, 1.165) is 54.1 Å². The predicted molar refractivity (Wildman–Crippen MR) is 175 cm³/mol. The Hall–Kier alpha value is -5.15. The number of benzene rings is 4. The molecule has 0 radical (unpaired) electrons. The molecule has 4 aromatic rings. The standard InChI is InChI=1S/C36H38N4O5/c1-38-19-21-39(22-20-38)33-16-15-31(24-32(33)37-36(44)45-26-27-9-4-2-5-10-27)30-14-8-11-28(23-30)25-40(18-17-34(41)42)35(43)29-12-6-3-7-13-29/h2-16,23-24H,17-22,25-26H2,1H3,(H,37,44)(H,41,42). The van der Waals surface area contributed by atoms with Gasteiger partial charge in [0.2, 0.25) is 0 Å². The van der Waals surface area contributed by atoms with Crippen LogP contribution in [0, 0.1) is 0 Å². The normalized spacial score (nSPS) is 13.2. The van der Waals surface area contributed by atoms with Gasteiger partial charge in [-0.2, -0.15) is 0 Å². The molecule has 0 spiro atoms. The lowest BCUT2D eigenvalue weighted by molar-refractivity contribution is -0.137. The van der Waals surface area contributed by atoms with Gasteiger partial charge in [0.1, 0.15) is 6.61 Å². The van der Waals surface area contributed by atoms with Gasteiger partial charge in [0.05, 0.1) is 17.8 Å². The van der Waals surface area contributed by atoms with E-state index in [1.165, 1.54) is 0 Å². The number of anilines is 2. The third-order valence-electron chi connectivity index (χ3n) is 7.83. The Morgan fingerprint density at radius 3 is 2.18 bits per heavy atom. The van der Waals surface area contributed by atoms with Gasteiger partial charge in [-0.15, -0.1) is 0 Å². The Kier molecular flexibility index (Phi) is 10.4. The Labute approximate surface area is 263 Å². The molecule has 232 valence electrons. The number of likely N-dealkylation sites (N-methyl/N-ethyl adjacent to an activating group) is 1. The van der Waals surface area contributed by atoms with Crippen LogP contribution in [0.4, 0.5) is 16.2 Å². The van der Waals surface area contributed by atoms with Crippen LogP contribution in [0.15, 0.2) is 103 Å². The van der Waals surface area contributed by atoms with Crippen molar-refractivity contribution in [3.8, 4) is 11.1 Å². The molecule has 9 heteroatoms. The maximum Gasteiger partial charge on any atom is 0.412 e. The first kappa shape index (κ1) is 31.3. The summed E-state index contributed by atoms with van der Waals surface area (Å²) in [5, 5.41) is 12.3. The topological polar surface area (TPSA) is 102 Å². The average Bonchev–Trinajstić information content (AvgIpc) is 3.07. The van der Waals surface area contributed by atoms with Crippen LogP contribution < -0.4 is 10.2 Å². The maximum atomic E-state index is 13.3. The fraction of sp³-hybridized carbons (Fsp3) is 0.250. The van der Waals surface area contributed by atoms with Crippen molar-refractivity contribution in [1.82, 2.24) is 9.80 Å². The number of nitrogens with one attached hydrogen (secondary N) is 1. The summed E-state index contributed by atoms with van der Waals surface area (Å²) in [6.07, 6.45) is -0.685. The van der Waals surface area contributed by atoms with Crippen LogP contribution in [0.1, 0.15) is 27.9 Å². The molecule has 0 aromatic heterocycles. The molecule has 1 aliphatic heterocycles. The number of hydrogen-bond donors (Lipinski definition) is 2. The molecule has 9 nitrogen and oxygen atoms in total. The van der Waals surface area contributed by atoms with Crippen LogP contribution in [-0.4, -0.2) is 72.6 Å². The zero-order valence-electron chi connectivity index (χ0n) is 25.4. The molecule has 2 amide bonds. The Morgan fingerprint density at radius 2 is 1.47 bits per heavy atom. The number of rotatable bonds is 11. The first-order valence-electron chi connectivity index (χ1n) is 15.1. The zero-order chi connectivity index (χ0) is 31.6. The highest BCUT2D eigenvalue weighted by Gasteiger charge is 2.20. The van der Waals surface area contributed by atoms with Crippen molar-refractivity contribution in [1.29, 1.82) is 0 Å². The van der Waals surface area contributed by atoms with E-state index in [9.17, 15) is 19.5 Å². The van der Waals surface area contributed by atoms with E-state index in [4.69, 9.17) is 4.74 Å². The van der Waals surface area contributed by atoms with Gasteiger partial charge in [0.25, 0.3) is 5.91 Å². The van der Waals surface area contributed by atoms with Crippen LogP contribution in [0.25, 0.3) is 11.1 Å². The molecule has 1 fully saturated rings.